The molecule has 2 aromatic carbocycles. The number of carbonyl (C=O) groups excluding carboxylic acids is 2. The van der Waals surface area contributed by atoms with Crippen molar-refractivity contribution in [2.24, 2.45) is 10.2 Å². The number of fused-ring (bicyclic) bond motifs is 2. The molecule has 4 rings (SSSR count). The third kappa shape index (κ3) is 3.33. The first-order valence-corrected chi connectivity index (χ1v) is 9.26. The van der Waals surface area contributed by atoms with Crippen LogP contribution in [0.5, 0.6) is 11.6 Å². The number of amides is 2. The summed E-state index contributed by atoms with van der Waals surface area (Å²) in [5.41, 5.74) is 1.56. The third-order valence-electron chi connectivity index (χ3n) is 4.74. The zero-order valence-electron chi connectivity index (χ0n) is 16.1. The van der Waals surface area contributed by atoms with E-state index in [0.29, 0.717) is 16.8 Å². The molecule has 0 spiro atoms. The van der Waals surface area contributed by atoms with Crippen LogP contribution < -0.4 is 9.64 Å². The van der Waals surface area contributed by atoms with Gasteiger partial charge in [-0.2, -0.15) is 0 Å². The lowest BCUT2D eigenvalue weighted by Crippen LogP contribution is -2.41. The van der Waals surface area contributed by atoms with Gasteiger partial charge >= 0.3 is 0 Å². The molecule has 0 aliphatic carbocycles. The molecule has 2 heterocycles. The zero-order valence-corrected chi connectivity index (χ0v) is 16.1. The molecule has 29 heavy (non-hydrogen) atoms. The first-order valence-electron chi connectivity index (χ1n) is 9.26. The Bertz CT molecular complexity index is 1130. The van der Waals surface area contributed by atoms with Gasteiger partial charge in [-0.25, -0.2) is 0 Å². The van der Waals surface area contributed by atoms with Crippen LogP contribution in [0.15, 0.2) is 58.8 Å². The fraction of sp³-hybridized carbons (Fsp3) is 0.238. The van der Waals surface area contributed by atoms with Gasteiger partial charge in [0.2, 0.25) is 5.88 Å². The first-order chi connectivity index (χ1) is 14.0. The van der Waals surface area contributed by atoms with E-state index in [2.05, 4.69) is 10.2 Å². The molecule has 0 fully saturated rings. The molecule has 3 aromatic rings. The van der Waals surface area contributed by atoms with E-state index in [-0.39, 0.29) is 36.7 Å². The number of anilines is 1. The highest BCUT2D eigenvalue weighted by Crippen LogP contribution is 2.40. The Hall–Kier alpha value is -3.68. The minimum Gasteiger partial charge on any atom is -0.493 e. The highest BCUT2D eigenvalue weighted by molar-refractivity contribution is 6.02. The predicted molar refractivity (Wildman–Crippen MR) is 108 cm³/mol. The van der Waals surface area contributed by atoms with Gasteiger partial charge in [0.25, 0.3) is 11.8 Å². The number of aromatic hydroxyl groups is 1. The molecule has 8 heteroatoms. The average molecular weight is 392 g/mol. The SMILES string of the molecule is CC(C)n1c(O)c(N=NC(=O)CN2C(=O)COc3ccccc32)c2ccccc21. The molecule has 1 aliphatic heterocycles. The van der Waals surface area contributed by atoms with Crippen LogP contribution in [0.2, 0.25) is 0 Å². The Morgan fingerprint density at radius 2 is 1.90 bits per heavy atom. The predicted octanol–water partition coefficient (Wildman–Crippen LogP) is 3.96. The summed E-state index contributed by atoms with van der Waals surface area (Å²) in [5, 5.41) is 19.1. The maximum Gasteiger partial charge on any atom is 0.284 e. The number of hydrogen-bond donors (Lipinski definition) is 1. The second-order valence-electron chi connectivity index (χ2n) is 6.98. The summed E-state index contributed by atoms with van der Waals surface area (Å²) in [6.45, 7) is 3.50. The van der Waals surface area contributed by atoms with E-state index in [4.69, 9.17) is 4.74 Å². The lowest BCUT2D eigenvalue weighted by molar-refractivity contribution is -0.124. The van der Waals surface area contributed by atoms with Crippen molar-refractivity contribution in [1.82, 2.24) is 4.57 Å². The summed E-state index contributed by atoms with van der Waals surface area (Å²) in [6.07, 6.45) is 0. The monoisotopic (exact) mass is 392 g/mol. The van der Waals surface area contributed by atoms with Crippen molar-refractivity contribution in [1.29, 1.82) is 0 Å². The second-order valence-corrected chi connectivity index (χ2v) is 6.98. The number of azo groups is 1. The van der Waals surface area contributed by atoms with E-state index in [0.717, 1.165) is 5.52 Å². The summed E-state index contributed by atoms with van der Waals surface area (Å²) in [6, 6.07) is 14.4. The molecule has 8 nitrogen and oxygen atoms in total. The topological polar surface area (TPSA) is 96.5 Å². The minimum absolute atomic E-state index is 0.00187. The van der Waals surface area contributed by atoms with Crippen molar-refractivity contribution < 1.29 is 19.4 Å². The molecule has 0 saturated carbocycles. The number of carbonyl (C=O) groups is 2. The van der Waals surface area contributed by atoms with E-state index < -0.39 is 5.91 Å². The summed E-state index contributed by atoms with van der Waals surface area (Å²) >= 11 is 0. The number of hydrogen-bond acceptors (Lipinski definition) is 5. The minimum atomic E-state index is -0.601. The van der Waals surface area contributed by atoms with Crippen LogP contribution in [0, 0.1) is 0 Å². The number of benzene rings is 2. The van der Waals surface area contributed by atoms with Gasteiger partial charge in [-0.3, -0.25) is 14.5 Å². The van der Waals surface area contributed by atoms with Crippen LogP contribution in [0.4, 0.5) is 11.4 Å². The van der Waals surface area contributed by atoms with Crippen molar-refractivity contribution in [2.45, 2.75) is 19.9 Å². The molecule has 148 valence electrons. The highest BCUT2D eigenvalue weighted by atomic mass is 16.5. The van der Waals surface area contributed by atoms with Gasteiger partial charge in [0.05, 0.1) is 11.2 Å². The standard InChI is InChI=1S/C21H20N4O4/c1-13(2)25-15-8-4-3-7-14(15)20(21(25)28)23-22-18(26)11-24-16-9-5-6-10-17(16)29-12-19(24)27/h3-10,13,28H,11-12H2,1-2H3. The fourth-order valence-electron chi connectivity index (χ4n) is 3.45. The lowest BCUT2D eigenvalue weighted by atomic mass is 10.2. The van der Waals surface area contributed by atoms with Gasteiger partial charge < -0.3 is 14.4 Å². The maximum atomic E-state index is 12.4. The first kappa shape index (κ1) is 18.7. The van der Waals surface area contributed by atoms with Crippen molar-refractivity contribution in [2.75, 3.05) is 18.1 Å². The second kappa shape index (κ2) is 7.38. The van der Waals surface area contributed by atoms with Gasteiger partial charge in [0.15, 0.2) is 12.3 Å². The van der Waals surface area contributed by atoms with E-state index in [1.54, 1.807) is 28.8 Å². The van der Waals surface area contributed by atoms with Gasteiger partial charge in [0.1, 0.15) is 12.3 Å². The summed E-state index contributed by atoms with van der Waals surface area (Å²) in [7, 11) is 0. The molecule has 2 amide bonds. The molecular weight excluding hydrogens is 372 g/mol. The molecule has 1 N–H and O–H groups in total. The Balaban J connectivity index is 1.62. The number of rotatable bonds is 4. The van der Waals surface area contributed by atoms with E-state index in [1.165, 1.54) is 4.90 Å². The highest BCUT2D eigenvalue weighted by Gasteiger charge is 2.27. The summed E-state index contributed by atoms with van der Waals surface area (Å²) in [4.78, 5) is 26.0. The lowest BCUT2D eigenvalue weighted by Gasteiger charge is -2.27. The molecule has 0 saturated heterocycles. The van der Waals surface area contributed by atoms with Crippen LogP contribution in [0.3, 0.4) is 0 Å². The average Bonchev–Trinajstić information content (AvgIpc) is 3.00. The van der Waals surface area contributed by atoms with Crippen LogP contribution in [0.25, 0.3) is 10.9 Å². The quantitative estimate of drug-likeness (QED) is 0.680. The molecule has 0 unspecified atom stereocenters. The van der Waals surface area contributed by atoms with Crippen molar-refractivity contribution in [3.05, 3.63) is 48.5 Å². The zero-order chi connectivity index (χ0) is 20.5. The van der Waals surface area contributed by atoms with Crippen molar-refractivity contribution >= 4 is 34.1 Å². The largest absolute Gasteiger partial charge is 0.493 e. The van der Waals surface area contributed by atoms with Crippen molar-refractivity contribution in [3.8, 4) is 11.6 Å². The normalized spacial score (nSPS) is 13.9. The summed E-state index contributed by atoms with van der Waals surface area (Å²) in [5.74, 6) is -0.442. The van der Waals surface area contributed by atoms with Crippen LogP contribution in [0.1, 0.15) is 19.9 Å². The Labute approximate surface area is 167 Å². The fourth-order valence-corrected chi connectivity index (χ4v) is 3.45. The van der Waals surface area contributed by atoms with Crippen LogP contribution >= 0.6 is 0 Å². The smallest absolute Gasteiger partial charge is 0.284 e. The van der Waals surface area contributed by atoms with Crippen LogP contribution in [-0.2, 0) is 9.59 Å². The number of para-hydroxylation sites is 3. The molecule has 1 aliphatic rings. The van der Waals surface area contributed by atoms with Gasteiger partial charge in [-0.05, 0) is 32.0 Å². The van der Waals surface area contributed by atoms with Gasteiger partial charge in [-0.1, -0.05) is 30.3 Å². The number of ether oxygens (including phenoxy) is 1. The Morgan fingerprint density at radius 3 is 2.69 bits per heavy atom. The van der Waals surface area contributed by atoms with Gasteiger partial charge in [0, 0.05) is 11.4 Å². The molecular formula is C21H20N4O4. The Morgan fingerprint density at radius 1 is 1.17 bits per heavy atom. The Kier molecular flexibility index (Phi) is 4.75. The maximum absolute atomic E-state index is 12.4. The van der Waals surface area contributed by atoms with E-state index in [9.17, 15) is 14.7 Å². The molecule has 0 atom stereocenters. The molecule has 0 bridgehead atoms. The van der Waals surface area contributed by atoms with E-state index >= 15 is 0 Å². The third-order valence-corrected chi connectivity index (χ3v) is 4.74. The van der Waals surface area contributed by atoms with Crippen molar-refractivity contribution in [3.63, 3.8) is 0 Å². The summed E-state index contributed by atoms with van der Waals surface area (Å²) < 4.78 is 7.11. The van der Waals surface area contributed by atoms with E-state index in [1.807, 2.05) is 38.1 Å². The number of nitrogens with zero attached hydrogens (tertiary/aromatic N) is 4. The van der Waals surface area contributed by atoms with Crippen LogP contribution in [-0.4, -0.2) is 34.6 Å². The number of aromatic nitrogens is 1. The molecule has 0 radical (unpaired) electrons. The van der Waals surface area contributed by atoms with Gasteiger partial charge in [-0.15, -0.1) is 10.2 Å². The molecule has 1 aromatic heterocycles.